The van der Waals surface area contributed by atoms with Gasteiger partial charge in [-0.05, 0) is 13.8 Å². The molecule has 29 heavy (non-hydrogen) atoms. The van der Waals surface area contributed by atoms with Gasteiger partial charge in [-0.2, -0.15) is 5.26 Å². The van der Waals surface area contributed by atoms with E-state index in [9.17, 15) is 25.1 Å². The number of aliphatic hydroxyl groups is 2. The lowest BCUT2D eigenvalue weighted by atomic mass is 9.76. The van der Waals surface area contributed by atoms with Crippen molar-refractivity contribution in [2.24, 2.45) is 0 Å². The first-order chi connectivity index (χ1) is 13.4. The van der Waals surface area contributed by atoms with E-state index in [-0.39, 0.29) is 6.61 Å². The number of carbonyl (C=O) groups excluding carboxylic acids is 2. The number of hydrogen-bond acceptors (Lipinski definition) is 10. The molecule has 0 aromatic rings. The molecule has 0 aliphatic carbocycles. The van der Waals surface area contributed by atoms with Crippen molar-refractivity contribution in [3.8, 4) is 6.07 Å². The Morgan fingerprint density at radius 2 is 2.00 bits per heavy atom. The van der Waals surface area contributed by atoms with Crippen LogP contribution >= 0.6 is 0 Å². The molecule has 0 spiro atoms. The molecule has 2 heterocycles. The lowest BCUT2D eigenvalue weighted by Gasteiger charge is -2.51. The van der Waals surface area contributed by atoms with E-state index in [1.54, 1.807) is 13.8 Å². The van der Waals surface area contributed by atoms with Gasteiger partial charge < -0.3 is 39.2 Å². The second-order valence-corrected chi connectivity index (χ2v) is 7.68. The second kappa shape index (κ2) is 8.51. The Morgan fingerprint density at radius 1 is 1.34 bits per heavy atom. The molecule has 2 fully saturated rings. The summed E-state index contributed by atoms with van der Waals surface area (Å²) < 4.78 is 26.9. The molecule has 2 aliphatic rings. The van der Waals surface area contributed by atoms with Gasteiger partial charge in [0.15, 0.2) is 5.79 Å². The summed E-state index contributed by atoms with van der Waals surface area (Å²) >= 11 is 0. The largest absolute Gasteiger partial charge is 0.465 e. The van der Waals surface area contributed by atoms with Crippen molar-refractivity contribution in [1.82, 2.24) is 5.32 Å². The zero-order chi connectivity index (χ0) is 22.0. The molecule has 1 amide bonds. The zero-order valence-corrected chi connectivity index (χ0v) is 17.1. The highest BCUT2D eigenvalue weighted by Crippen LogP contribution is 2.42. The van der Waals surface area contributed by atoms with Gasteiger partial charge in [-0.15, -0.1) is 0 Å². The Balaban J connectivity index is 2.49. The molecule has 2 rings (SSSR count). The summed E-state index contributed by atoms with van der Waals surface area (Å²) in [5, 5.41) is 34.0. The molecular formula is C18H28N2O9. The average molecular weight is 416 g/mol. The van der Waals surface area contributed by atoms with Gasteiger partial charge >= 0.3 is 5.97 Å². The highest BCUT2D eigenvalue weighted by atomic mass is 16.8. The number of nitrogens with one attached hydrogen (secondary N) is 1. The minimum atomic E-state index is -2.10. The van der Waals surface area contributed by atoms with Crippen LogP contribution in [-0.2, 0) is 33.3 Å². The predicted molar refractivity (Wildman–Crippen MR) is 94.9 cm³/mol. The Kier molecular flexibility index (Phi) is 6.89. The first kappa shape index (κ1) is 23.5. The summed E-state index contributed by atoms with van der Waals surface area (Å²) in [6, 6.07) is 0.599. The molecule has 0 aromatic carbocycles. The number of methoxy groups -OCH3 is 2. The van der Waals surface area contributed by atoms with Crippen LogP contribution < -0.4 is 5.32 Å². The van der Waals surface area contributed by atoms with Crippen LogP contribution in [0.1, 0.15) is 33.6 Å². The lowest BCUT2D eigenvalue weighted by molar-refractivity contribution is -0.321. The third kappa shape index (κ3) is 4.69. The summed E-state index contributed by atoms with van der Waals surface area (Å²) in [6.07, 6.45) is -4.69. The van der Waals surface area contributed by atoms with Crippen LogP contribution in [0.15, 0.2) is 0 Å². The minimum absolute atomic E-state index is 0.00963. The average Bonchev–Trinajstić information content (AvgIpc) is 3.01. The Bertz CT molecular complexity index is 679. The highest BCUT2D eigenvalue weighted by molar-refractivity contribution is 5.78. The fourth-order valence-electron chi connectivity index (χ4n) is 3.73. The molecule has 3 N–H and O–H groups in total. The first-order valence-electron chi connectivity index (χ1n) is 9.11. The Morgan fingerprint density at radius 3 is 2.45 bits per heavy atom. The number of nitriles is 1. The van der Waals surface area contributed by atoms with Crippen molar-refractivity contribution < 1.29 is 43.5 Å². The third-order valence-corrected chi connectivity index (χ3v) is 5.09. The van der Waals surface area contributed by atoms with Crippen LogP contribution in [0.5, 0.6) is 0 Å². The predicted octanol–water partition coefficient (Wildman–Crippen LogP) is -1.05. The van der Waals surface area contributed by atoms with Crippen molar-refractivity contribution in [3.63, 3.8) is 0 Å². The molecule has 0 bridgehead atoms. The molecule has 0 radical (unpaired) electrons. The lowest BCUT2D eigenvalue weighted by Crippen LogP contribution is -2.72. The van der Waals surface area contributed by atoms with Gasteiger partial charge in [0.05, 0.1) is 32.2 Å². The molecular weight excluding hydrogens is 388 g/mol. The molecule has 0 unspecified atom stereocenters. The van der Waals surface area contributed by atoms with Crippen molar-refractivity contribution in [1.29, 1.82) is 5.26 Å². The summed E-state index contributed by atoms with van der Waals surface area (Å²) in [7, 11) is 2.28. The smallest absolute Gasteiger partial charge is 0.366 e. The summed E-state index contributed by atoms with van der Waals surface area (Å²) in [5.41, 5.74) is -1.97. The number of aliphatic hydroxyl groups excluding tert-OH is 1. The highest BCUT2D eigenvalue weighted by Gasteiger charge is 2.62. The van der Waals surface area contributed by atoms with Crippen LogP contribution in [0.3, 0.4) is 0 Å². The van der Waals surface area contributed by atoms with Gasteiger partial charge in [0.25, 0.3) is 5.79 Å². The van der Waals surface area contributed by atoms with Gasteiger partial charge in [0.2, 0.25) is 5.91 Å². The van der Waals surface area contributed by atoms with E-state index in [4.69, 9.17) is 23.7 Å². The number of carbonyl (C=O) groups is 2. The molecule has 6 atom stereocenters. The normalized spacial score (nSPS) is 37.4. The fraction of sp³-hybridized carbons (Fsp3) is 0.833. The molecule has 2 aliphatic heterocycles. The van der Waals surface area contributed by atoms with Crippen molar-refractivity contribution in [2.75, 3.05) is 20.8 Å². The fourth-order valence-corrected chi connectivity index (χ4v) is 3.73. The number of ether oxygens (including phenoxy) is 5. The van der Waals surface area contributed by atoms with E-state index in [1.807, 2.05) is 6.07 Å². The minimum Gasteiger partial charge on any atom is -0.465 e. The van der Waals surface area contributed by atoms with Gasteiger partial charge in [-0.3, -0.25) is 4.79 Å². The number of rotatable bonds is 6. The van der Waals surface area contributed by atoms with Crippen LogP contribution in [-0.4, -0.2) is 84.4 Å². The van der Waals surface area contributed by atoms with E-state index in [0.717, 1.165) is 7.11 Å². The molecule has 11 heteroatoms. The van der Waals surface area contributed by atoms with E-state index in [2.05, 4.69) is 5.32 Å². The van der Waals surface area contributed by atoms with Crippen LogP contribution in [0.4, 0.5) is 0 Å². The van der Waals surface area contributed by atoms with E-state index >= 15 is 0 Å². The van der Waals surface area contributed by atoms with Crippen LogP contribution in [0, 0.1) is 11.3 Å². The monoisotopic (exact) mass is 416 g/mol. The van der Waals surface area contributed by atoms with E-state index < -0.39 is 66.2 Å². The molecule has 11 nitrogen and oxygen atoms in total. The molecule has 2 saturated heterocycles. The Labute approximate surface area is 168 Å². The van der Waals surface area contributed by atoms with Crippen molar-refractivity contribution in [3.05, 3.63) is 0 Å². The summed E-state index contributed by atoms with van der Waals surface area (Å²) in [6.45, 7) is 4.54. The topological polar surface area (TPSA) is 157 Å². The number of amides is 1. The number of hydrogen-bond donors (Lipinski definition) is 3. The standard InChI is InChI=1S/C18H28N2O9/c1-10(21)20-14-13(12(22)11-8-27-16(2,3)28-11)29-18(26-5,15(23)25-4)9-17(14,24)6-7-19/h11-14,22,24H,6,8-9H2,1-5H3,(H,20,21)/t11-,12-,13+,14+,17-,18+/m1/s1. The quantitative estimate of drug-likeness (QED) is 0.457. The van der Waals surface area contributed by atoms with Gasteiger partial charge in [0, 0.05) is 20.5 Å². The maximum atomic E-state index is 12.4. The SMILES string of the molecule is COC(=O)[C@]1(OC)C[C@](O)(CC#N)[C@@H](NC(C)=O)[C@H]([C@H](O)[C@H]2COC(C)(C)O2)O1. The first-order valence-corrected chi connectivity index (χ1v) is 9.11. The van der Waals surface area contributed by atoms with Crippen LogP contribution in [0.25, 0.3) is 0 Å². The summed E-state index contributed by atoms with van der Waals surface area (Å²) in [5.74, 6) is -4.55. The maximum absolute atomic E-state index is 12.4. The Hall–Kier alpha value is -1.81. The molecule has 0 saturated carbocycles. The van der Waals surface area contributed by atoms with Gasteiger partial charge in [0.1, 0.15) is 23.9 Å². The zero-order valence-electron chi connectivity index (χ0n) is 17.1. The van der Waals surface area contributed by atoms with Crippen molar-refractivity contribution in [2.45, 2.75) is 75.1 Å². The maximum Gasteiger partial charge on any atom is 0.366 e. The third-order valence-electron chi connectivity index (χ3n) is 5.09. The van der Waals surface area contributed by atoms with Gasteiger partial charge in [-0.1, -0.05) is 0 Å². The van der Waals surface area contributed by atoms with Crippen LogP contribution in [0.2, 0.25) is 0 Å². The summed E-state index contributed by atoms with van der Waals surface area (Å²) in [4.78, 5) is 24.2. The molecule has 0 aromatic heterocycles. The second-order valence-electron chi connectivity index (χ2n) is 7.68. The van der Waals surface area contributed by atoms with Crippen molar-refractivity contribution >= 4 is 11.9 Å². The van der Waals surface area contributed by atoms with Gasteiger partial charge in [-0.25, -0.2) is 4.79 Å². The van der Waals surface area contributed by atoms with E-state index in [1.165, 1.54) is 14.0 Å². The van der Waals surface area contributed by atoms with E-state index in [0.29, 0.717) is 0 Å². The number of esters is 1. The molecule has 164 valence electrons. The number of nitrogens with zero attached hydrogens (tertiary/aromatic N) is 1.